The fourth-order valence-corrected chi connectivity index (χ4v) is 3.67. The van der Waals surface area contributed by atoms with Gasteiger partial charge >= 0.3 is 0 Å². The highest BCUT2D eigenvalue weighted by Gasteiger charge is 2.30. The number of aromatic nitrogens is 3. The van der Waals surface area contributed by atoms with Gasteiger partial charge in [0, 0.05) is 42.1 Å². The van der Waals surface area contributed by atoms with Gasteiger partial charge in [-0.05, 0) is 24.3 Å². The second-order valence-electron chi connectivity index (χ2n) is 6.92. The van der Waals surface area contributed by atoms with E-state index in [4.69, 9.17) is 16.3 Å². The molecule has 2 aromatic heterocycles. The van der Waals surface area contributed by atoms with E-state index in [1.165, 1.54) is 0 Å². The van der Waals surface area contributed by atoms with Crippen molar-refractivity contribution in [2.45, 2.75) is 13.0 Å². The molecule has 0 bridgehead atoms. The topological polar surface area (TPSA) is 86.6 Å². The fourth-order valence-electron chi connectivity index (χ4n) is 3.49. The first kappa shape index (κ1) is 18.8. The Bertz CT molecular complexity index is 1030. The summed E-state index contributed by atoms with van der Waals surface area (Å²) >= 11 is 6.07. The van der Waals surface area contributed by atoms with E-state index in [1.54, 1.807) is 21.4 Å². The SMILES string of the molecule is CN1COCN(Cc2cc3cc(Cl)ccc3[nH]2)C(=O)c2c1nc(CCO)n2C. The van der Waals surface area contributed by atoms with Crippen molar-refractivity contribution in [2.75, 3.05) is 32.0 Å². The lowest BCUT2D eigenvalue weighted by Crippen LogP contribution is -2.39. The van der Waals surface area contributed by atoms with Gasteiger partial charge in [-0.3, -0.25) is 4.79 Å². The number of amides is 1. The number of nitrogens with one attached hydrogen (secondary N) is 1. The summed E-state index contributed by atoms with van der Waals surface area (Å²) in [6, 6.07) is 7.62. The number of hydrogen-bond donors (Lipinski definition) is 2. The Morgan fingerprint density at radius 2 is 2.11 bits per heavy atom. The van der Waals surface area contributed by atoms with Gasteiger partial charge in [-0.2, -0.15) is 0 Å². The Kier molecular flexibility index (Phi) is 5.01. The number of benzene rings is 1. The Balaban J connectivity index is 1.67. The molecule has 0 aliphatic carbocycles. The van der Waals surface area contributed by atoms with Gasteiger partial charge in [0.2, 0.25) is 0 Å². The smallest absolute Gasteiger partial charge is 0.276 e. The highest BCUT2D eigenvalue weighted by atomic mass is 35.5. The minimum atomic E-state index is -0.169. The van der Waals surface area contributed by atoms with E-state index < -0.39 is 0 Å². The third-order valence-corrected chi connectivity index (χ3v) is 5.12. The summed E-state index contributed by atoms with van der Waals surface area (Å²) in [4.78, 5) is 24.6. The van der Waals surface area contributed by atoms with Crippen LogP contribution in [0.5, 0.6) is 0 Å². The number of imidazole rings is 1. The molecule has 0 radical (unpaired) electrons. The molecule has 1 aromatic carbocycles. The van der Waals surface area contributed by atoms with Crippen LogP contribution in [0.15, 0.2) is 24.3 Å². The van der Waals surface area contributed by atoms with Crippen LogP contribution in [0.25, 0.3) is 10.9 Å². The Labute approximate surface area is 167 Å². The molecule has 4 rings (SSSR count). The standard InChI is InChI=1S/C19H22ClN5O3/c1-23-10-28-11-25(9-14-8-12-7-13(20)3-4-15(12)21-14)19(27)17-18(23)22-16(5-6-26)24(17)2/h3-4,7-8,21,26H,5-6,9-11H2,1-2H3. The molecule has 3 aromatic rings. The minimum Gasteiger partial charge on any atom is -0.396 e. The van der Waals surface area contributed by atoms with Crippen molar-refractivity contribution in [2.24, 2.45) is 7.05 Å². The van der Waals surface area contributed by atoms with E-state index in [0.29, 0.717) is 42.1 Å². The highest BCUT2D eigenvalue weighted by molar-refractivity contribution is 6.31. The quantitative estimate of drug-likeness (QED) is 0.696. The van der Waals surface area contributed by atoms with E-state index in [0.717, 1.165) is 16.6 Å². The predicted molar refractivity (Wildman–Crippen MR) is 106 cm³/mol. The molecule has 9 heteroatoms. The van der Waals surface area contributed by atoms with Crippen LogP contribution < -0.4 is 4.90 Å². The molecular weight excluding hydrogens is 382 g/mol. The lowest BCUT2D eigenvalue weighted by atomic mass is 10.2. The lowest BCUT2D eigenvalue weighted by Gasteiger charge is -2.28. The number of carbonyl (C=O) groups is 1. The molecule has 28 heavy (non-hydrogen) atoms. The number of aliphatic hydroxyl groups excluding tert-OH is 1. The van der Waals surface area contributed by atoms with Crippen LogP contribution in [-0.2, 0) is 24.8 Å². The van der Waals surface area contributed by atoms with Gasteiger partial charge in [-0.15, -0.1) is 0 Å². The summed E-state index contributed by atoms with van der Waals surface area (Å²) in [7, 11) is 3.63. The number of carbonyl (C=O) groups excluding carboxylic acids is 1. The summed E-state index contributed by atoms with van der Waals surface area (Å²) in [6.07, 6.45) is 0.383. The molecule has 8 nitrogen and oxygen atoms in total. The average Bonchev–Trinajstić information content (AvgIpc) is 3.20. The summed E-state index contributed by atoms with van der Waals surface area (Å²) in [5.41, 5.74) is 2.35. The maximum absolute atomic E-state index is 13.3. The van der Waals surface area contributed by atoms with E-state index in [2.05, 4.69) is 9.97 Å². The molecule has 0 saturated heterocycles. The third-order valence-electron chi connectivity index (χ3n) is 4.89. The molecule has 1 aliphatic rings. The largest absolute Gasteiger partial charge is 0.396 e. The van der Waals surface area contributed by atoms with Gasteiger partial charge in [-0.1, -0.05) is 11.6 Å². The molecule has 0 spiro atoms. The number of ether oxygens (including phenoxy) is 1. The number of H-pyrrole nitrogens is 1. The Morgan fingerprint density at radius 1 is 1.29 bits per heavy atom. The van der Waals surface area contributed by atoms with Crippen LogP contribution in [-0.4, -0.2) is 57.6 Å². The summed E-state index contributed by atoms with van der Waals surface area (Å²) in [6.45, 7) is 0.822. The summed E-state index contributed by atoms with van der Waals surface area (Å²) in [5, 5.41) is 10.9. The summed E-state index contributed by atoms with van der Waals surface area (Å²) < 4.78 is 7.46. The Morgan fingerprint density at radius 3 is 2.89 bits per heavy atom. The van der Waals surface area contributed by atoms with Gasteiger partial charge in [0.1, 0.15) is 19.3 Å². The molecule has 3 heterocycles. The number of nitrogens with zero attached hydrogens (tertiary/aromatic N) is 4. The summed E-state index contributed by atoms with van der Waals surface area (Å²) in [5.74, 6) is 1.05. The first-order valence-corrected chi connectivity index (χ1v) is 9.37. The van der Waals surface area contributed by atoms with Crippen LogP contribution in [0.1, 0.15) is 22.0 Å². The predicted octanol–water partition coefficient (Wildman–Crippen LogP) is 2.11. The van der Waals surface area contributed by atoms with Crippen LogP contribution >= 0.6 is 11.6 Å². The Hall–Kier alpha value is -2.55. The number of aliphatic hydroxyl groups is 1. The zero-order valence-electron chi connectivity index (χ0n) is 15.8. The molecule has 0 unspecified atom stereocenters. The second-order valence-corrected chi connectivity index (χ2v) is 7.36. The van der Waals surface area contributed by atoms with Crippen molar-refractivity contribution in [1.29, 1.82) is 0 Å². The van der Waals surface area contributed by atoms with E-state index in [9.17, 15) is 9.90 Å². The van der Waals surface area contributed by atoms with Gasteiger partial charge in [0.05, 0.1) is 13.2 Å². The maximum Gasteiger partial charge on any atom is 0.276 e. The van der Waals surface area contributed by atoms with Crippen molar-refractivity contribution < 1.29 is 14.6 Å². The van der Waals surface area contributed by atoms with Gasteiger partial charge in [0.25, 0.3) is 5.91 Å². The molecule has 0 fully saturated rings. The number of hydrogen-bond acceptors (Lipinski definition) is 5. The molecule has 0 saturated carbocycles. The van der Waals surface area contributed by atoms with Crippen molar-refractivity contribution >= 4 is 34.2 Å². The normalized spacial score (nSPS) is 15.1. The molecule has 1 aliphatic heterocycles. The molecule has 2 N–H and O–H groups in total. The zero-order valence-corrected chi connectivity index (χ0v) is 16.5. The van der Waals surface area contributed by atoms with E-state index in [1.807, 2.05) is 31.3 Å². The number of aromatic amines is 1. The average molecular weight is 404 g/mol. The van der Waals surface area contributed by atoms with Crippen LogP contribution in [0, 0.1) is 0 Å². The van der Waals surface area contributed by atoms with Crippen LogP contribution in [0.4, 0.5) is 5.82 Å². The zero-order chi connectivity index (χ0) is 19.8. The van der Waals surface area contributed by atoms with E-state index in [-0.39, 0.29) is 19.2 Å². The first-order chi connectivity index (χ1) is 13.5. The second kappa shape index (κ2) is 7.46. The van der Waals surface area contributed by atoms with Crippen molar-refractivity contribution in [1.82, 2.24) is 19.4 Å². The van der Waals surface area contributed by atoms with Gasteiger partial charge in [-0.25, -0.2) is 4.98 Å². The molecule has 148 valence electrons. The lowest BCUT2D eigenvalue weighted by molar-refractivity contribution is 0.0184. The number of rotatable bonds is 4. The number of fused-ring (bicyclic) bond motifs is 2. The third kappa shape index (κ3) is 3.34. The molecular formula is C19H22ClN5O3. The number of halogens is 1. The van der Waals surface area contributed by atoms with Gasteiger partial charge in [0.15, 0.2) is 11.5 Å². The fraction of sp³-hybridized carbons (Fsp3) is 0.368. The minimum absolute atomic E-state index is 0.0283. The van der Waals surface area contributed by atoms with Crippen molar-refractivity contribution in [3.05, 3.63) is 46.5 Å². The molecule has 1 amide bonds. The van der Waals surface area contributed by atoms with E-state index >= 15 is 0 Å². The first-order valence-electron chi connectivity index (χ1n) is 8.99. The van der Waals surface area contributed by atoms with Crippen LogP contribution in [0.2, 0.25) is 5.02 Å². The van der Waals surface area contributed by atoms with Crippen molar-refractivity contribution in [3.8, 4) is 0 Å². The number of anilines is 1. The molecule has 0 atom stereocenters. The highest BCUT2D eigenvalue weighted by Crippen LogP contribution is 2.26. The van der Waals surface area contributed by atoms with Crippen LogP contribution in [0.3, 0.4) is 0 Å². The maximum atomic E-state index is 13.3. The van der Waals surface area contributed by atoms with Gasteiger partial charge < -0.3 is 29.2 Å². The monoisotopic (exact) mass is 403 g/mol. The van der Waals surface area contributed by atoms with Crippen molar-refractivity contribution in [3.63, 3.8) is 0 Å².